The molecule has 1 heterocycles. The first-order valence-corrected chi connectivity index (χ1v) is 12.1. The molecule has 2 amide bonds. The van der Waals surface area contributed by atoms with Crippen molar-refractivity contribution >= 4 is 18.0 Å². The van der Waals surface area contributed by atoms with Crippen molar-refractivity contribution in [2.24, 2.45) is 11.8 Å². The Morgan fingerprint density at radius 1 is 1.06 bits per heavy atom. The molecular formula is C27H32N2O6. The van der Waals surface area contributed by atoms with Gasteiger partial charge >= 0.3 is 12.1 Å². The van der Waals surface area contributed by atoms with Crippen LogP contribution >= 0.6 is 0 Å². The van der Waals surface area contributed by atoms with E-state index in [-0.39, 0.29) is 43.9 Å². The van der Waals surface area contributed by atoms with E-state index in [0.717, 1.165) is 22.3 Å². The number of nitrogens with zero attached hydrogens (tertiary/aromatic N) is 1. The third-order valence-electron chi connectivity index (χ3n) is 6.90. The van der Waals surface area contributed by atoms with Gasteiger partial charge in [0, 0.05) is 32.2 Å². The summed E-state index contributed by atoms with van der Waals surface area (Å²) in [5, 5.41) is 12.0. The summed E-state index contributed by atoms with van der Waals surface area (Å²) >= 11 is 0. The number of likely N-dealkylation sites (tertiary alicyclic amines) is 1. The number of carbonyl (C=O) groups is 3. The average molecular weight is 481 g/mol. The van der Waals surface area contributed by atoms with Crippen LogP contribution in [0, 0.1) is 11.8 Å². The molecule has 1 fully saturated rings. The molecule has 2 aliphatic rings. The summed E-state index contributed by atoms with van der Waals surface area (Å²) in [6, 6.07) is 16.3. The third-order valence-corrected chi connectivity index (χ3v) is 6.90. The maximum Gasteiger partial charge on any atom is 0.407 e. The molecule has 8 nitrogen and oxygen atoms in total. The Morgan fingerprint density at radius 2 is 1.69 bits per heavy atom. The molecule has 2 aromatic rings. The molecule has 1 unspecified atom stereocenters. The summed E-state index contributed by atoms with van der Waals surface area (Å²) in [4.78, 5) is 38.1. The number of rotatable bonds is 9. The molecule has 35 heavy (non-hydrogen) atoms. The molecule has 0 saturated carbocycles. The second-order valence-corrected chi connectivity index (χ2v) is 9.21. The van der Waals surface area contributed by atoms with Crippen LogP contribution in [0.5, 0.6) is 0 Å². The van der Waals surface area contributed by atoms with Gasteiger partial charge in [-0.3, -0.25) is 9.59 Å². The second-order valence-electron chi connectivity index (χ2n) is 9.21. The van der Waals surface area contributed by atoms with E-state index in [4.69, 9.17) is 9.47 Å². The van der Waals surface area contributed by atoms with Gasteiger partial charge in [-0.05, 0) is 35.1 Å². The van der Waals surface area contributed by atoms with E-state index in [0.29, 0.717) is 13.2 Å². The predicted molar refractivity (Wildman–Crippen MR) is 130 cm³/mol. The van der Waals surface area contributed by atoms with Crippen molar-refractivity contribution in [3.63, 3.8) is 0 Å². The number of carboxylic acid groups (broad SMARTS) is 1. The van der Waals surface area contributed by atoms with Crippen LogP contribution in [0.4, 0.5) is 4.79 Å². The Hall–Kier alpha value is -3.39. The third kappa shape index (κ3) is 5.48. The number of amides is 2. The number of alkyl carbamates (subject to hydrolysis) is 1. The molecule has 2 aromatic carbocycles. The van der Waals surface area contributed by atoms with Crippen molar-refractivity contribution in [1.29, 1.82) is 0 Å². The lowest BCUT2D eigenvalue weighted by molar-refractivity contribution is -0.142. The minimum Gasteiger partial charge on any atom is -0.481 e. The average Bonchev–Trinajstić information content (AvgIpc) is 3.40. The van der Waals surface area contributed by atoms with Gasteiger partial charge in [0.25, 0.3) is 0 Å². The van der Waals surface area contributed by atoms with Crippen LogP contribution in [0.1, 0.15) is 37.3 Å². The molecule has 1 aliphatic heterocycles. The normalized spacial score (nSPS) is 19.7. The highest BCUT2D eigenvalue weighted by Gasteiger charge is 2.37. The van der Waals surface area contributed by atoms with Crippen LogP contribution in [0.25, 0.3) is 11.1 Å². The SMILES string of the molecule is CCOC(CNC(=O)OCC1c2ccccc2-c2ccccc21)CC(=O)N1C[C@@H](C)[C@H](C(=O)O)C1. The number of nitrogens with one attached hydrogen (secondary N) is 1. The van der Waals surface area contributed by atoms with Crippen LogP contribution in [-0.2, 0) is 19.1 Å². The Balaban J connectivity index is 1.29. The molecule has 0 radical (unpaired) electrons. The molecule has 0 spiro atoms. The fourth-order valence-corrected chi connectivity index (χ4v) is 5.09. The summed E-state index contributed by atoms with van der Waals surface area (Å²) in [5.41, 5.74) is 4.60. The van der Waals surface area contributed by atoms with Gasteiger partial charge in [-0.1, -0.05) is 55.5 Å². The zero-order valence-electron chi connectivity index (χ0n) is 20.1. The van der Waals surface area contributed by atoms with Gasteiger partial charge in [-0.25, -0.2) is 4.79 Å². The molecule has 4 rings (SSSR count). The van der Waals surface area contributed by atoms with Gasteiger partial charge in [-0.2, -0.15) is 0 Å². The monoisotopic (exact) mass is 480 g/mol. The van der Waals surface area contributed by atoms with Gasteiger partial charge in [0.15, 0.2) is 0 Å². The quantitative estimate of drug-likeness (QED) is 0.569. The summed E-state index contributed by atoms with van der Waals surface area (Å²) in [5.74, 6) is -1.74. The van der Waals surface area contributed by atoms with E-state index in [9.17, 15) is 19.5 Å². The Bertz CT molecular complexity index is 1040. The van der Waals surface area contributed by atoms with Crippen molar-refractivity contribution < 1.29 is 29.0 Å². The first-order chi connectivity index (χ1) is 16.9. The minimum atomic E-state index is -0.883. The molecule has 2 N–H and O–H groups in total. The maximum atomic E-state index is 12.7. The molecular weight excluding hydrogens is 448 g/mol. The van der Waals surface area contributed by atoms with Gasteiger partial charge in [0.1, 0.15) is 6.61 Å². The lowest BCUT2D eigenvalue weighted by atomic mass is 9.98. The lowest BCUT2D eigenvalue weighted by Gasteiger charge is -2.22. The van der Waals surface area contributed by atoms with E-state index in [1.54, 1.807) is 4.90 Å². The van der Waals surface area contributed by atoms with Gasteiger partial charge in [0.2, 0.25) is 5.91 Å². The Kier molecular flexibility index (Phi) is 7.70. The fourth-order valence-electron chi connectivity index (χ4n) is 5.09. The number of fused-ring (bicyclic) bond motifs is 3. The van der Waals surface area contributed by atoms with Crippen LogP contribution in [0.3, 0.4) is 0 Å². The smallest absolute Gasteiger partial charge is 0.407 e. The number of hydrogen-bond acceptors (Lipinski definition) is 5. The Labute approximate surface area is 205 Å². The summed E-state index contributed by atoms with van der Waals surface area (Å²) < 4.78 is 11.2. The number of carboxylic acids is 1. The number of benzene rings is 2. The molecule has 0 bridgehead atoms. The first-order valence-electron chi connectivity index (χ1n) is 12.1. The van der Waals surface area contributed by atoms with Crippen LogP contribution in [-0.4, -0.2) is 66.9 Å². The zero-order chi connectivity index (χ0) is 24.9. The van der Waals surface area contributed by atoms with Crippen molar-refractivity contribution in [2.45, 2.75) is 32.3 Å². The van der Waals surface area contributed by atoms with E-state index < -0.39 is 24.1 Å². The highest BCUT2D eigenvalue weighted by Crippen LogP contribution is 2.44. The summed E-state index contributed by atoms with van der Waals surface area (Å²) in [7, 11) is 0. The highest BCUT2D eigenvalue weighted by atomic mass is 16.5. The van der Waals surface area contributed by atoms with Gasteiger partial charge in [-0.15, -0.1) is 0 Å². The maximum absolute atomic E-state index is 12.7. The largest absolute Gasteiger partial charge is 0.481 e. The predicted octanol–water partition coefficient (Wildman–Crippen LogP) is 3.50. The van der Waals surface area contributed by atoms with Crippen molar-refractivity contribution in [3.8, 4) is 11.1 Å². The van der Waals surface area contributed by atoms with Crippen LogP contribution < -0.4 is 5.32 Å². The highest BCUT2D eigenvalue weighted by molar-refractivity contribution is 5.80. The van der Waals surface area contributed by atoms with E-state index in [2.05, 4.69) is 29.6 Å². The first kappa shape index (κ1) is 24.7. The van der Waals surface area contributed by atoms with Crippen molar-refractivity contribution in [2.75, 3.05) is 32.8 Å². The molecule has 3 atom stereocenters. The van der Waals surface area contributed by atoms with Crippen LogP contribution in [0.2, 0.25) is 0 Å². The second kappa shape index (κ2) is 10.9. The molecule has 0 aromatic heterocycles. The standard InChI is InChI=1S/C27H32N2O6/c1-3-34-18(12-25(30)29-14-17(2)23(15-29)26(31)32)13-28-27(33)35-16-24-21-10-6-4-8-19(21)20-9-5-7-11-22(20)24/h4-11,17-18,23-24H,3,12-16H2,1-2H3,(H,28,33)(H,31,32)/t17-,18?,23-/m1/s1. The molecule has 186 valence electrons. The molecule has 1 aliphatic carbocycles. The molecule has 1 saturated heterocycles. The van der Waals surface area contributed by atoms with E-state index >= 15 is 0 Å². The van der Waals surface area contributed by atoms with E-state index in [1.165, 1.54) is 0 Å². The van der Waals surface area contributed by atoms with Crippen molar-refractivity contribution in [3.05, 3.63) is 59.7 Å². The van der Waals surface area contributed by atoms with Gasteiger partial charge in [0.05, 0.1) is 18.4 Å². The number of aliphatic carboxylic acids is 1. The number of ether oxygens (including phenoxy) is 2. The van der Waals surface area contributed by atoms with Gasteiger partial charge < -0.3 is 24.8 Å². The summed E-state index contributed by atoms with van der Waals surface area (Å²) in [6.07, 6.45) is -1.02. The van der Waals surface area contributed by atoms with Crippen molar-refractivity contribution in [1.82, 2.24) is 10.2 Å². The summed E-state index contributed by atoms with van der Waals surface area (Å²) in [6.45, 7) is 5.00. The zero-order valence-corrected chi connectivity index (χ0v) is 20.1. The topological polar surface area (TPSA) is 105 Å². The lowest BCUT2D eigenvalue weighted by Crippen LogP contribution is -2.39. The fraction of sp³-hybridized carbons (Fsp3) is 0.444. The van der Waals surface area contributed by atoms with E-state index in [1.807, 2.05) is 38.1 Å². The number of hydrogen-bond donors (Lipinski definition) is 2. The number of carbonyl (C=O) groups excluding carboxylic acids is 2. The Morgan fingerprint density at radius 3 is 2.26 bits per heavy atom. The molecule has 8 heteroatoms. The minimum absolute atomic E-state index is 0.0308. The van der Waals surface area contributed by atoms with Crippen LogP contribution in [0.15, 0.2) is 48.5 Å².